The molecule has 2 fully saturated rings. The highest BCUT2D eigenvalue weighted by atomic mass is 16.5. The van der Waals surface area contributed by atoms with E-state index in [4.69, 9.17) is 4.74 Å². The first kappa shape index (κ1) is 14.3. The average Bonchev–Trinajstić information content (AvgIpc) is 3.15. The quantitative estimate of drug-likeness (QED) is 0.704. The van der Waals surface area contributed by atoms with Gasteiger partial charge >= 0.3 is 0 Å². The minimum Gasteiger partial charge on any atom is -0.385 e. The third kappa shape index (κ3) is 4.22. The van der Waals surface area contributed by atoms with Crippen LogP contribution in [0.15, 0.2) is 0 Å². The number of rotatable bonds is 7. The first-order valence-corrected chi connectivity index (χ1v) is 7.67. The Balaban J connectivity index is 1.83. The number of hydrogen-bond donors (Lipinski definition) is 1. The summed E-state index contributed by atoms with van der Waals surface area (Å²) in [6.45, 7) is 9.21. The average molecular weight is 254 g/mol. The second-order valence-electron chi connectivity index (χ2n) is 6.48. The lowest BCUT2D eigenvalue weighted by Crippen LogP contribution is -2.57. The largest absolute Gasteiger partial charge is 0.385 e. The summed E-state index contributed by atoms with van der Waals surface area (Å²) in [7, 11) is 1.80. The summed E-state index contributed by atoms with van der Waals surface area (Å²) in [5.74, 6) is 1.76. The van der Waals surface area contributed by atoms with Gasteiger partial charge in [-0.2, -0.15) is 0 Å². The van der Waals surface area contributed by atoms with Gasteiger partial charge in [0.15, 0.2) is 0 Å². The van der Waals surface area contributed by atoms with Gasteiger partial charge in [-0.15, -0.1) is 0 Å². The number of nitrogens with one attached hydrogen (secondary N) is 1. The molecular formula is C15H30N2O. The van der Waals surface area contributed by atoms with Crippen molar-refractivity contribution in [2.24, 2.45) is 11.8 Å². The van der Waals surface area contributed by atoms with Crippen LogP contribution in [0.2, 0.25) is 0 Å². The van der Waals surface area contributed by atoms with Crippen LogP contribution in [-0.4, -0.2) is 50.3 Å². The Hall–Kier alpha value is -0.120. The second-order valence-corrected chi connectivity index (χ2v) is 6.48. The molecule has 0 aromatic carbocycles. The minimum atomic E-state index is 0.733. The number of hydrogen-bond acceptors (Lipinski definition) is 3. The summed E-state index contributed by atoms with van der Waals surface area (Å²) in [5, 5.41) is 3.78. The van der Waals surface area contributed by atoms with Crippen molar-refractivity contribution in [1.82, 2.24) is 10.2 Å². The maximum absolute atomic E-state index is 5.19. The van der Waals surface area contributed by atoms with Crippen LogP contribution in [0.25, 0.3) is 0 Å². The van der Waals surface area contributed by atoms with E-state index in [0.29, 0.717) is 0 Å². The van der Waals surface area contributed by atoms with Crippen LogP contribution in [0.1, 0.15) is 39.5 Å². The predicted molar refractivity (Wildman–Crippen MR) is 75.8 cm³/mol. The first-order chi connectivity index (χ1) is 8.70. The topological polar surface area (TPSA) is 24.5 Å². The summed E-state index contributed by atoms with van der Waals surface area (Å²) in [4.78, 5) is 2.72. The van der Waals surface area contributed by atoms with Crippen molar-refractivity contribution in [1.29, 1.82) is 0 Å². The van der Waals surface area contributed by atoms with Crippen molar-refractivity contribution < 1.29 is 4.74 Å². The molecule has 1 heterocycles. The van der Waals surface area contributed by atoms with Crippen LogP contribution >= 0.6 is 0 Å². The van der Waals surface area contributed by atoms with Crippen LogP contribution in [0.3, 0.4) is 0 Å². The van der Waals surface area contributed by atoms with E-state index in [0.717, 1.165) is 30.5 Å². The van der Waals surface area contributed by atoms with E-state index >= 15 is 0 Å². The summed E-state index contributed by atoms with van der Waals surface area (Å²) >= 11 is 0. The lowest BCUT2D eigenvalue weighted by Gasteiger charge is -2.41. The van der Waals surface area contributed by atoms with E-state index < -0.39 is 0 Å². The number of ether oxygens (including phenoxy) is 1. The van der Waals surface area contributed by atoms with Gasteiger partial charge in [-0.1, -0.05) is 13.8 Å². The molecule has 2 rings (SSSR count). The highest BCUT2D eigenvalue weighted by Crippen LogP contribution is 2.34. The van der Waals surface area contributed by atoms with Gasteiger partial charge in [0.2, 0.25) is 0 Å². The summed E-state index contributed by atoms with van der Waals surface area (Å²) in [5.41, 5.74) is 0. The van der Waals surface area contributed by atoms with Gasteiger partial charge < -0.3 is 10.1 Å². The molecule has 1 saturated heterocycles. The van der Waals surface area contributed by atoms with Crippen molar-refractivity contribution in [3.05, 3.63) is 0 Å². The minimum absolute atomic E-state index is 0.733. The maximum atomic E-state index is 5.19. The van der Waals surface area contributed by atoms with Crippen LogP contribution in [0.5, 0.6) is 0 Å². The number of piperazine rings is 1. The monoisotopic (exact) mass is 254 g/mol. The van der Waals surface area contributed by atoms with Crippen molar-refractivity contribution in [2.45, 2.75) is 51.6 Å². The zero-order valence-electron chi connectivity index (χ0n) is 12.3. The highest BCUT2D eigenvalue weighted by molar-refractivity contribution is 4.94. The molecule has 0 amide bonds. The van der Waals surface area contributed by atoms with E-state index in [-0.39, 0.29) is 0 Å². The fourth-order valence-corrected chi connectivity index (χ4v) is 3.16. The van der Waals surface area contributed by atoms with Crippen molar-refractivity contribution >= 4 is 0 Å². The lowest BCUT2D eigenvalue weighted by molar-refractivity contribution is 0.0927. The summed E-state index contributed by atoms with van der Waals surface area (Å²) in [6, 6.07) is 1.49. The van der Waals surface area contributed by atoms with E-state index in [2.05, 4.69) is 24.1 Å². The zero-order chi connectivity index (χ0) is 13.0. The van der Waals surface area contributed by atoms with E-state index in [1.807, 2.05) is 0 Å². The molecule has 0 aromatic rings. The van der Waals surface area contributed by atoms with Gasteiger partial charge in [0, 0.05) is 45.4 Å². The molecule has 2 unspecified atom stereocenters. The van der Waals surface area contributed by atoms with Gasteiger partial charge in [0.25, 0.3) is 0 Å². The molecule has 2 aliphatic rings. The lowest BCUT2D eigenvalue weighted by atomic mass is 9.97. The number of methoxy groups -OCH3 is 1. The van der Waals surface area contributed by atoms with E-state index in [9.17, 15) is 0 Å². The Labute approximate surface area is 112 Å². The van der Waals surface area contributed by atoms with Gasteiger partial charge in [0.05, 0.1) is 0 Å². The van der Waals surface area contributed by atoms with Gasteiger partial charge in [-0.05, 0) is 37.5 Å². The standard InChI is InChI=1S/C15H30N2O/c1-12(2)9-14-10-16-15(13-5-6-13)11-17(14)7-4-8-18-3/h12-16H,4-11H2,1-3H3. The molecular weight excluding hydrogens is 224 g/mol. The molecule has 18 heavy (non-hydrogen) atoms. The van der Waals surface area contributed by atoms with Gasteiger partial charge in [-0.3, -0.25) is 4.90 Å². The molecule has 3 nitrogen and oxygen atoms in total. The smallest absolute Gasteiger partial charge is 0.0474 e. The van der Waals surface area contributed by atoms with Crippen LogP contribution < -0.4 is 5.32 Å². The van der Waals surface area contributed by atoms with E-state index in [1.54, 1.807) is 7.11 Å². The molecule has 3 heteroatoms. The summed E-state index contributed by atoms with van der Waals surface area (Å²) < 4.78 is 5.19. The Bertz CT molecular complexity index is 241. The third-order valence-electron chi connectivity index (χ3n) is 4.29. The fourth-order valence-electron chi connectivity index (χ4n) is 3.16. The molecule has 0 radical (unpaired) electrons. The first-order valence-electron chi connectivity index (χ1n) is 7.67. The van der Waals surface area contributed by atoms with Gasteiger partial charge in [-0.25, -0.2) is 0 Å². The van der Waals surface area contributed by atoms with Crippen LogP contribution in [-0.2, 0) is 4.74 Å². The van der Waals surface area contributed by atoms with E-state index in [1.165, 1.54) is 45.3 Å². The zero-order valence-corrected chi connectivity index (χ0v) is 12.3. The second kappa shape index (κ2) is 6.88. The van der Waals surface area contributed by atoms with Crippen molar-refractivity contribution in [2.75, 3.05) is 33.4 Å². The predicted octanol–water partition coefficient (Wildman–Crippen LogP) is 2.12. The number of nitrogens with zero attached hydrogens (tertiary/aromatic N) is 1. The van der Waals surface area contributed by atoms with Crippen molar-refractivity contribution in [3.8, 4) is 0 Å². The molecule has 2 atom stereocenters. The summed E-state index contributed by atoms with van der Waals surface area (Å²) in [6.07, 6.45) is 5.37. The third-order valence-corrected chi connectivity index (χ3v) is 4.29. The molecule has 1 N–H and O–H groups in total. The Morgan fingerprint density at radius 2 is 2.11 bits per heavy atom. The van der Waals surface area contributed by atoms with Crippen LogP contribution in [0.4, 0.5) is 0 Å². The Kier molecular flexibility index (Phi) is 5.46. The molecule has 0 aromatic heterocycles. The molecule has 0 bridgehead atoms. The Morgan fingerprint density at radius 3 is 2.72 bits per heavy atom. The Morgan fingerprint density at radius 1 is 1.33 bits per heavy atom. The van der Waals surface area contributed by atoms with Gasteiger partial charge in [0.1, 0.15) is 0 Å². The molecule has 1 aliphatic carbocycles. The fraction of sp³-hybridized carbons (Fsp3) is 1.00. The molecule has 0 spiro atoms. The molecule has 106 valence electrons. The maximum Gasteiger partial charge on any atom is 0.0474 e. The molecule has 1 aliphatic heterocycles. The highest BCUT2D eigenvalue weighted by Gasteiger charge is 2.36. The normalized spacial score (nSPS) is 30.0. The molecule has 1 saturated carbocycles. The van der Waals surface area contributed by atoms with Crippen LogP contribution in [0, 0.1) is 11.8 Å². The van der Waals surface area contributed by atoms with Crippen molar-refractivity contribution in [3.63, 3.8) is 0 Å². The SMILES string of the molecule is COCCCN1CC(C2CC2)NCC1CC(C)C.